The van der Waals surface area contributed by atoms with Crippen LogP contribution in [-0.4, -0.2) is 5.71 Å². The van der Waals surface area contributed by atoms with E-state index < -0.39 is 0 Å². The standard InChI is InChI=1S/C15H19N/c1-5-9-12-14(10-6-2)15(11-7-3)16-13-8-4/h5-13H,1-2H2,3-4H3/b11-7-,12-9-,13-8-,14-10+,16-15+. The fraction of sp³-hybridized carbons (Fsp3) is 0.133. The first kappa shape index (κ1) is 14.1. The summed E-state index contributed by atoms with van der Waals surface area (Å²) in [6.07, 6.45) is 16.8. The molecular weight excluding hydrogens is 194 g/mol. The lowest BCUT2D eigenvalue weighted by atomic mass is 10.1. The van der Waals surface area contributed by atoms with E-state index in [1.165, 1.54) is 0 Å². The Balaban J connectivity index is 5.25. The number of aliphatic imine (C=N–C) groups is 1. The van der Waals surface area contributed by atoms with Crippen LogP contribution in [0.5, 0.6) is 0 Å². The summed E-state index contributed by atoms with van der Waals surface area (Å²) in [6.45, 7) is 11.3. The Morgan fingerprint density at radius 3 is 2.25 bits per heavy atom. The van der Waals surface area contributed by atoms with Gasteiger partial charge in [-0.05, 0) is 19.9 Å². The zero-order valence-electron chi connectivity index (χ0n) is 10.1. The Kier molecular flexibility index (Phi) is 8.52. The maximum Gasteiger partial charge on any atom is 0.0698 e. The van der Waals surface area contributed by atoms with Gasteiger partial charge in [0.2, 0.25) is 0 Å². The summed E-state index contributed by atoms with van der Waals surface area (Å²) in [7, 11) is 0. The van der Waals surface area contributed by atoms with Crippen LogP contribution >= 0.6 is 0 Å². The Bertz CT molecular complexity index is 363. The minimum Gasteiger partial charge on any atom is -0.257 e. The minimum atomic E-state index is 0.901. The molecule has 0 saturated carbocycles. The molecule has 0 saturated heterocycles. The van der Waals surface area contributed by atoms with Crippen LogP contribution < -0.4 is 0 Å². The third-order valence-electron chi connectivity index (χ3n) is 1.69. The molecule has 0 fully saturated rings. The molecule has 1 nitrogen and oxygen atoms in total. The molecule has 0 amide bonds. The predicted octanol–water partition coefficient (Wildman–Crippen LogP) is 4.39. The van der Waals surface area contributed by atoms with Gasteiger partial charge in [-0.25, -0.2) is 0 Å². The average molecular weight is 213 g/mol. The van der Waals surface area contributed by atoms with E-state index in [4.69, 9.17) is 0 Å². The Hall–Kier alpha value is -1.89. The van der Waals surface area contributed by atoms with Gasteiger partial charge in [-0.2, -0.15) is 0 Å². The summed E-state index contributed by atoms with van der Waals surface area (Å²) in [6, 6.07) is 0. The molecule has 0 aromatic carbocycles. The van der Waals surface area contributed by atoms with E-state index in [0.29, 0.717) is 0 Å². The second-order valence-corrected chi connectivity index (χ2v) is 2.95. The highest BCUT2D eigenvalue weighted by Crippen LogP contribution is 2.04. The topological polar surface area (TPSA) is 12.4 Å². The molecule has 16 heavy (non-hydrogen) atoms. The van der Waals surface area contributed by atoms with Crippen LogP contribution in [0.1, 0.15) is 13.8 Å². The average Bonchev–Trinajstić information content (AvgIpc) is 2.30. The highest BCUT2D eigenvalue weighted by molar-refractivity contribution is 6.10. The van der Waals surface area contributed by atoms with E-state index in [1.807, 2.05) is 50.3 Å². The normalized spacial score (nSPS) is 14.1. The number of hydrogen-bond acceptors (Lipinski definition) is 1. The van der Waals surface area contributed by atoms with Crippen molar-refractivity contribution in [2.75, 3.05) is 0 Å². The molecule has 0 bridgehead atoms. The van der Waals surface area contributed by atoms with Crippen molar-refractivity contribution in [1.82, 2.24) is 0 Å². The first-order valence-electron chi connectivity index (χ1n) is 5.24. The predicted molar refractivity (Wildman–Crippen MR) is 74.7 cm³/mol. The van der Waals surface area contributed by atoms with Gasteiger partial charge in [-0.1, -0.05) is 55.7 Å². The van der Waals surface area contributed by atoms with Gasteiger partial charge in [0, 0.05) is 11.8 Å². The van der Waals surface area contributed by atoms with E-state index in [9.17, 15) is 0 Å². The number of hydrogen-bond donors (Lipinski definition) is 0. The van der Waals surface area contributed by atoms with Gasteiger partial charge in [0.25, 0.3) is 0 Å². The maximum atomic E-state index is 4.35. The zero-order chi connectivity index (χ0) is 12.2. The SMILES string of the molecule is C=C/C=C\C(=C/C=C)C(/C=C\C)=N/C=C\C. The highest BCUT2D eigenvalue weighted by Gasteiger charge is 1.97. The zero-order valence-corrected chi connectivity index (χ0v) is 10.1. The molecule has 0 aromatic rings. The second-order valence-electron chi connectivity index (χ2n) is 2.95. The van der Waals surface area contributed by atoms with Crippen molar-refractivity contribution in [3.8, 4) is 0 Å². The molecule has 0 aliphatic heterocycles. The van der Waals surface area contributed by atoms with E-state index in [1.54, 1.807) is 18.4 Å². The summed E-state index contributed by atoms with van der Waals surface area (Å²) in [5.41, 5.74) is 1.91. The summed E-state index contributed by atoms with van der Waals surface area (Å²) >= 11 is 0. The van der Waals surface area contributed by atoms with Gasteiger partial charge in [0.15, 0.2) is 0 Å². The maximum absolute atomic E-state index is 4.35. The molecule has 0 spiro atoms. The molecule has 0 heterocycles. The molecule has 84 valence electrons. The lowest BCUT2D eigenvalue weighted by molar-refractivity contribution is 1.50. The van der Waals surface area contributed by atoms with Crippen LogP contribution in [0.4, 0.5) is 0 Å². The molecular formula is C15H19N. The Morgan fingerprint density at radius 2 is 1.75 bits per heavy atom. The van der Waals surface area contributed by atoms with Gasteiger partial charge < -0.3 is 0 Å². The molecule has 0 unspecified atom stereocenters. The van der Waals surface area contributed by atoms with Crippen molar-refractivity contribution < 1.29 is 0 Å². The summed E-state index contributed by atoms with van der Waals surface area (Å²) in [5.74, 6) is 0. The highest BCUT2D eigenvalue weighted by atomic mass is 14.7. The molecule has 0 aromatic heterocycles. The van der Waals surface area contributed by atoms with Gasteiger partial charge in [-0.3, -0.25) is 4.99 Å². The molecule has 0 aliphatic carbocycles. The van der Waals surface area contributed by atoms with Crippen molar-refractivity contribution in [2.24, 2.45) is 4.99 Å². The van der Waals surface area contributed by atoms with Gasteiger partial charge >= 0.3 is 0 Å². The summed E-state index contributed by atoms with van der Waals surface area (Å²) < 4.78 is 0. The van der Waals surface area contributed by atoms with Crippen LogP contribution in [0, 0.1) is 0 Å². The second kappa shape index (κ2) is 9.66. The van der Waals surface area contributed by atoms with Crippen LogP contribution in [0.2, 0.25) is 0 Å². The first-order valence-corrected chi connectivity index (χ1v) is 5.24. The number of nitrogens with zero attached hydrogens (tertiary/aromatic N) is 1. The van der Waals surface area contributed by atoms with Crippen molar-refractivity contribution in [1.29, 1.82) is 0 Å². The fourth-order valence-electron chi connectivity index (χ4n) is 1.05. The smallest absolute Gasteiger partial charge is 0.0698 e. The summed E-state index contributed by atoms with van der Waals surface area (Å²) in [5, 5.41) is 0. The lowest BCUT2D eigenvalue weighted by Crippen LogP contribution is -1.95. The molecule has 0 atom stereocenters. The van der Waals surface area contributed by atoms with Crippen LogP contribution in [-0.2, 0) is 0 Å². The monoisotopic (exact) mass is 213 g/mol. The fourth-order valence-corrected chi connectivity index (χ4v) is 1.05. The quantitative estimate of drug-likeness (QED) is 0.458. The minimum absolute atomic E-state index is 0.901. The lowest BCUT2D eigenvalue weighted by Gasteiger charge is -2.00. The first-order chi connectivity index (χ1) is 7.79. The number of allylic oxidation sites excluding steroid dienone is 9. The van der Waals surface area contributed by atoms with Crippen molar-refractivity contribution in [2.45, 2.75) is 13.8 Å². The molecule has 0 radical (unpaired) electrons. The van der Waals surface area contributed by atoms with Gasteiger partial charge in [0.1, 0.15) is 0 Å². The van der Waals surface area contributed by atoms with E-state index in [-0.39, 0.29) is 0 Å². The largest absolute Gasteiger partial charge is 0.257 e. The van der Waals surface area contributed by atoms with Gasteiger partial charge in [-0.15, -0.1) is 0 Å². The molecule has 0 rings (SSSR count). The van der Waals surface area contributed by atoms with E-state index in [2.05, 4.69) is 18.2 Å². The molecule has 1 heteroatoms. The van der Waals surface area contributed by atoms with E-state index in [0.717, 1.165) is 11.3 Å². The Morgan fingerprint density at radius 1 is 1.00 bits per heavy atom. The van der Waals surface area contributed by atoms with E-state index >= 15 is 0 Å². The van der Waals surface area contributed by atoms with Crippen LogP contribution in [0.3, 0.4) is 0 Å². The molecule has 0 N–H and O–H groups in total. The van der Waals surface area contributed by atoms with Crippen LogP contribution in [0.25, 0.3) is 0 Å². The van der Waals surface area contributed by atoms with Gasteiger partial charge in [0.05, 0.1) is 5.71 Å². The van der Waals surface area contributed by atoms with Crippen molar-refractivity contribution >= 4 is 5.71 Å². The number of rotatable bonds is 6. The third kappa shape index (κ3) is 5.76. The van der Waals surface area contributed by atoms with Crippen LogP contribution in [0.15, 0.2) is 78.5 Å². The molecule has 0 aliphatic rings. The third-order valence-corrected chi connectivity index (χ3v) is 1.69. The Labute approximate surface area is 98.6 Å². The van der Waals surface area contributed by atoms with Crippen molar-refractivity contribution in [3.05, 3.63) is 73.5 Å². The van der Waals surface area contributed by atoms with Crippen molar-refractivity contribution in [3.63, 3.8) is 0 Å². The summed E-state index contributed by atoms with van der Waals surface area (Å²) in [4.78, 5) is 4.35.